The van der Waals surface area contributed by atoms with Crippen molar-refractivity contribution in [1.82, 2.24) is 15.0 Å². The van der Waals surface area contributed by atoms with Gasteiger partial charge in [0.1, 0.15) is 10.8 Å². The number of carbonyl (C=O) groups is 1. The largest absolute Gasteiger partial charge is 0.493 e. The highest BCUT2D eigenvalue weighted by atomic mass is 32.1. The third kappa shape index (κ3) is 3.81. The molecule has 0 aliphatic heterocycles. The van der Waals surface area contributed by atoms with Crippen LogP contribution in [0.2, 0.25) is 0 Å². The molecule has 142 valence electrons. The number of hydrogen-bond acceptors (Lipinski definition) is 5. The second-order valence-corrected chi connectivity index (χ2v) is 7.00. The van der Waals surface area contributed by atoms with Gasteiger partial charge in [0.05, 0.1) is 35.3 Å². The number of nitrogens with one attached hydrogen (secondary N) is 3. The van der Waals surface area contributed by atoms with E-state index in [4.69, 9.17) is 4.74 Å². The SMILES string of the molecule is CCOc1ccccc1-c1nc(CC(=O)Nc2ccc3[nH]c(=O)[nH]c3c2)cs1. The Morgan fingerprint density at radius 1 is 1.18 bits per heavy atom. The van der Waals surface area contributed by atoms with Crippen LogP contribution in [0, 0.1) is 0 Å². The number of imidazole rings is 1. The number of carbonyl (C=O) groups excluding carboxylic acids is 1. The quantitative estimate of drug-likeness (QED) is 0.465. The number of aromatic amines is 2. The first-order chi connectivity index (χ1) is 13.6. The summed E-state index contributed by atoms with van der Waals surface area (Å²) in [6.07, 6.45) is 0.162. The fraction of sp³-hybridized carbons (Fsp3) is 0.150. The molecule has 2 heterocycles. The molecule has 0 saturated heterocycles. The molecule has 0 spiro atoms. The highest BCUT2D eigenvalue weighted by molar-refractivity contribution is 7.13. The van der Waals surface area contributed by atoms with Crippen molar-refractivity contribution >= 4 is 34.0 Å². The lowest BCUT2D eigenvalue weighted by Gasteiger charge is -2.07. The minimum atomic E-state index is -0.277. The van der Waals surface area contributed by atoms with E-state index in [0.29, 0.717) is 29.0 Å². The highest BCUT2D eigenvalue weighted by Crippen LogP contribution is 2.32. The number of benzene rings is 2. The van der Waals surface area contributed by atoms with Gasteiger partial charge in [-0.25, -0.2) is 9.78 Å². The van der Waals surface area contributed by atoms with E-state index in [1.807, 2.05) is 36.6 Å². The van der Waals surface area contributed by atoms with Crippen LogP contribution in [0.25, 0.3) is 21.6 Å². The maximum Gasteiger partial charge on any atom is 0.323 e. The molecule has 0 fully saturated rings. The summed E-state index contributed by atoms with van der Waals surface area (Å²) >= 11 is 1.48. The highest BCUT2D eigenvalue weighted by Gasteiger charge is 2.13. The van der Waals surface area contributed by atoms with Gasteiger partial charge in [-0.2, -0.15) is 0 Å². The third-order valence-electron chi connectivity index (χ3n) is 4.11. The molecule has 0 aliphatic carbocycles. The van der Waals surface area contributed by atoms with E-state index in [1.54, 1.807) is 18.2 Å². The zero-order chi connectivity index (χ0) is 19.5. The maximum absolute atomic E-state index is 12.4. The molecule has 1 amide bonds. The Kier molecular flexibility index (Phi) is 4.94. The number of amides is 1. The number of rotatable bonds is 6. The normalized spacial score (nSPS) is 10.9. The van der Waals surface area contributed by atoms with E-state index >= 15 is 0 Å². The van der Waals surface area contributed by atoms with Crippen molar-refractivity contribution in [3.05, 3.63) is 64.0 Å². The van der Waals surface area contributed by atoms with Gasteiger partial charge in [-0.05, 0) is 37.3 Å². The molecule has 0 saturated carbocycles. The van der Waals surface area contributed by atoms with Crippen molar-refractivity contribution in [2.75, 3.05) is 11.9 Å². The minimum absolute atomic E-state index is 0.162. The van der Waals surface area contributed by atoms with Gasteiger partial charge in [0, 0.05) is 11.1 Å². The molecule has 0 aliphatic rings. The molecule has 28 heavy (non-hydrogen) atoms. The summed E-state index contributed by atoms with van der Waals surface area (Å²) in [5.41, 5.74) is 3.29. The average Bonchev–Trinajstić information content (AvgIpc) is 3.27. The smallest absolute Gasteiger partial charge is 0.323 e. The van der Waals surface area contributed by atoms with Crippen molar-refractivity contribution in [3.8, 4) is 16.3 Å². The number of anilines is 1. The van der Waals surface area contributed by atoms with E-state index in [9.17, 15) is 9.59 Å². The summed E-state index contributed by atoms with van der Waals surface area (Å²) in [5.74, 6) is 0.608. The Hall–Kier alpha value is -3.39. The first-order valence-electron chi connectivity index (χ1n) is 8.81. The van der Waals surface area contributed by atoms with Gasteiger partial charge in [-0.1, -0.05) is 12.1 Å². The Labute approximate surface area is 164 Å². The van der Waals surface area contributed by atoms with Crippen molar-refractivity contribution in [3.63, 3.8) is 0 Å². The number of H-pyrrole nitrogens is 2. The summed E-state index contributed by atoms with van der Waals surface area (Å²) in [6, 6.07) is 12.9. The van der Waals surface area contributed by atoms with E-state index in [2.05, 4.69) is 20.3 Å². The van der Waals surface area contributed by atoms with Gasteiger partial charge < -0.3 is 20.0 Å². The summed E-state index contributed by atoms with van der Waals surface area (Å²) in [5, 5.41) is 5.53. The lowest BCUT2D eigenvalue weighted by molar-refractivity contribution is -0.115. The molecule has 0 radical (unpaired) electrons. The molecule has 2 aromatic carbocycles. The van der Waals surface area contributed by atoms with Gasteiger partial charge in [0.25, 0.3) is 0 Å². The van der Waals surface area contributed by atoms with Crippen LogP contribution >= 0.6 is 11.3 Å². The molecule has 0 bridgehead atoms. The second-order valence-electron chi connectivity index (χ2n) is 6.14. The first-order valence-corrected chi connectivity index (χ1v) is 9.69. The van der Waals surface area contributed by atoms with Gasteiger partial charge >= 0.3 is 5.69 Å². The monoisotopic (exact) mass is 394 g/mol. The Morgan fingerprint density at radius 3 is 2.86 bits per heavy atom. The topological polar surface area (TPSA) is 99.9 Å². The van der Waals surface area contributed by atoms with E-state index < -0.39 is 0 Å². The fourth-order valence-corrected chi connectivity index (χ4v) is 3.77. The standard InChI is InChI=1S/C20H18N4O3S/c1-2-27-17-6-4-3-5-14(17)19-22-13(11-28-19)10-18(25)21-12-7-8-15-16(9-12)24-20(26)23-15/h3-9,11H,2,10H2,1H3,(H,21,25)(H2,23,24,26). The van der Waals surface area contributed by atoms with E-state index in [-0.39, 0.29) is 18.0 Å². The summed E-state index contributed by atoms with van der Waals surface area (Å²) in [4.78, 5) is 33.6. The van der Waals surface area contributed by atoms with Crippen LogP contribution in [-0.2, 0) is 11.2 Å². The summed E-state index contributed by atoms with van der Waals surface area (Å²) < 4.78 is 5.66. The Morgan fingerprint density at radius 2 is 2.00 bits per heavy atom. The van der Waals surface area contributed by atoms with Crippen LogP contribution in [-0.4, -0.2) is 27.5 Å². The molecule has 7 nitrogen and oxygen atoms in total. The summed E-state index contributed by atoms with van der Waals surface area (Å²) in [7, 11) is 0. The molecule has 2 aromatic heterocycles. The average molecular weight is 394 g/mol. The predicted molar refractivity (Wildman–Crippen MR) is 110 cm³/mol. The Balaban J connectivity index is 1.47. The molecule has 4 rings (SSSR count). The number of para-hydroxylation sites is 1. The number of fused-ring (bicyclic) bond motifs is 1. The molecule has 8 heteroatoms. The number of ether oxygens (including phenoxy) is 1. The van der Waals surface area contributed by atoms with Crippen LogP contribution in [0.15, 0.2) is 52.6 Å². The zero-order valence-electron chi connectivity index (χ0n) is 15.1. The predicted octanol–water partition coefficient (Wildman–Crippen LogP) is 3.56. The zero-order valence-corrected chi connectivity index (χ0v) is 15.9. The van der Waals surface area contributed by atoms with Crippen molar-refractivity contribution in [1.29, 1.82) is 0 Å². The van der Waals surface area contributed by atoms with E-state index in [0.717, 1.165) is 16.3 Å². The van der Waals surface area contributed by atoms with Crippen molar-refractivity contribution in [2.45, 2.75) is 13.3 Å². The summed E-state index contributed by atoms with van der Waals surface area (Å²) in [6.45, 7) is 2.52. The second kappa shape index (κ2) is 7.69. The van der Waals surface area contributed by atoms with Crippen molar-refractivity contribution < 1.29 is 9.53 Å². The number of nitrogens with zero attached hydrogens (tertiary/aromatic N) is 1. The number of hydrogen-bond donors (Lipinski definition) is 3. The maximum atomic E-state index is 12.4. The lowest BCUT2D eigenvalue weighted by Crippen LogP contribution is -2.14. The van der Waals surface area contributed by atoms with Crippen LogP contribution in [0.3, 0.4) is 0 Å². The van der Waals surface area contributed by atoms with Crippen LogP contribution in [0.4, 0.5) is 5.69 Å². The molecule has 4 aromatic rings. The van der Waals surface area contributed by atoms with Crippen molar-refractivity contribution in [2.24, 2.45) is 0 Å². The number of thiazole rings is 1. The van der Waals surface area contributed by atoms with Crippen LogP contribution in [0.1, 0.15) is 12.6 Å². The van der Waals surface area contributed by atoms with Crippen LogP contribution < -0.4 is 15.7 Å². The van der Waals surface area contributed by atoms with Gasteiger partial charge in [0.15, 0.2) is 0 Å². The molecular formula is C20H18N4O3S. The minimum Gasteiger partial charge on any atom is -0.493 e. The first kappa shape index (κ1) is 18.0. The fourth-order valence-electron chi connectivity index (χ4n) is 2.92. The van der Waals surface area contributed by atoms with Gasteiger partial charge in [-0.3, -0.25) is 4.79 Å². The van der Waals surface area contributed by atoms with Crippen LogP contribution in [0.5, 0.6) is 5.75 Å². The lowest BCUT2D eigenvalue weighted by atomic mass is 10.2. The van der Waals surface area contributed by atoms with Gasteiger partial charge in [0.2, 0.25) is 5.91 Å². The molecular weight excluding hydrogens is 376 g/mol. The molecule has 3 N–H and O–H groups in total. The molecule has 0 atom stereocenters. The van der Waals surface area contributed by atoms with E-state index in [1.165, 1.54) is 11.3 Å². The molecule has 0 unspecified atom stereocenters. The number of aromatic nitrogens is 3. The van der Waals surface area contributed by atoms with Gasteiger partial charge in [-0.15, -0.1) is 11.3 Å². The third-order valence-corrected chi connectivity index (χ3v) is 5.03. The Bertz CT molecular complexity index is 1190.